The number of benzene rings is 3. The molecule has 0 amide bonds. The zero-order valence-corrected chi connectivity index (χ0v) is 17.5. The van der Waals surface area contributed by atoms with E-state index < -0.39 is 0 Å². The van der Waals surface area contributed by atoms with E-state index in [4.69, 9.17) is 14.5 Å². The standard InChI is InChI=1S/C23H19BrN2O3/c1-28-19-12-17-18(13-20(19)29-2)26-23(27)21(17)22(14-6-4-3-5-7-14)25-16-10-8-15(24)9-11-16/h3-13,26-27H,1-2H3. The number of nitrogens with zero attached hydrogens (tertiary/aromatic N) is 1. The number of methoxy groups -OCH3 is 2. The molecule has 3 aromatic carbocycles. The number of hydrogen-bond donors (Lipinski definition) is 2. The van der Waals surface area contributed by atoms with Crippen LogP contribution in [0.3, 0.4) is 0 Å². The monoisotopic (exact) mass is 450 g/mol. The molecule has 0 saturated heterocycles. The third kappa shape index (κ3) is 3.71. The van der Waals surface area contributed by atoms with Crippen LogP contribution in [0.5, 0.6) is 17.4 Å². The number of nitrogens with one attached hydrogen (secondary N) is 1. The summed E-state index contributed by atoms with van der Waals surface area (Å²) in [4.78, 5) is 7.90. The summed E-state index contributed by atoms with van der Waals surface area (Å²) in [5, 5.41) is 11.6. The van der Waals surface area contributed by atoms with Gasteiger partial charge in [-0.15, -0.1) is 0 Å². The highest BCUT2D eigenvalue weighted by Gasteiger charge is 2.20. The number of fused-ring (bicyclic) bond motifs is 1. The number of H-pyrrole nitrogens is 1. The Hall–Kier alpha value is -3.25. The van der Waals surface area contributed by atoms with Crippen molar-refractivity contribution in [1.29, 1.82) is 0 Å². The van der Waals surface area contributed by atoms with Gasteiger partial charge >= 0.3 is 0 Å². The van der Waals surface area contributed by atoms with Crippen LogP contribution in [0.4, 0.5) is 5.69 Å². The molecule has 0 spiro atoms. The highest BCUT2D eigenvalue weighted by atomic mass is 79.9. The van der Waals surface area contributed by atoms with E-state index >= 15 is 0 Å². The van der Waals surface area contributed by atoms with E-state index in [9.17, 15) is 5.11 Å². The van der Waals surface area contributed by atoms with Crippen LogP contribution < -0.4 is 9.47 Å². The Kier molecular flexibility index (Phi) is 5.27. The number of halogens is 1. The van der Waals surface area contributed by atoms with E-state index in [1.165, 1.54) is 0 Å². The van der Waals surface area contributed by atoms with Crippen LogP contribution in [0, 0.1) is 0 Å². The van der Waals surface area contributed by atoms with Gasteiger partial charge in [-0.3, -0.25) is 0 Å². The van der Waals surface area contributed by atoms with Crippen LogP contribution in [0.1, 0.15) is 11.1 Å². The Morgan fingerprint density at radius 1 is 0.931 bits per heavy atom. The summed E-state index contributed by atoms with van der Waals surface area (Å²) >= 11 is 3.45. The van der Waals surface area contributed by atoms with E-state index in [1.54, 1.807) is 20.3 Å². The molecule has 0 atom stereocenters. The minimum Gasteiger partial charge on any atom is -0.494 e. The average Bonchev–Trinajstić information content (AvgIpc) is 3.07. The molecule has 0 fully saturated rings. The normalized spacial score (nSPS) is 11.6. The Bertz CT molecular complexity index is 1180. The number of aliphatic imine (C=N–C) groups is 1. The number of aromatic amines is 1. The molecule has 0 unspecified atom stereocenters. The van der Waals surface area contributed by atoms with Crippen molar-refractivity contribution in [1.82, 2.24) is 4.98 Å². The first-order valence-electron chi connectivity index (χ1n) is 8.97. The second-order valence-electron chi connectivity index (χ2n) is 6.40. The van der Waals surface area contributed by atoms with Gasteiger partial charge in [-0.2, -0.15) is 0 Å². The first kappa shape index (κ1) is 19.1. The zero-order chi connectivity index (χ0) is 20.4. The Morgan fingerprint density at radius 2 is 1.59 bits per heavy atom. The van der Waals surface area contributed by atoms with Crippen molar-refractivity contribution in [2.75, 3.05) is 14.2 Å². The van der Waals surface area contributed by atoms with Crippen LogP contribution in [0.2, 0.25) is 0 Å². The van der Waals surface area contributed by atoms with Crippen molar-refractivity contribution in [3.05, 3.63) is 82.3 Å². The molecule has 29 heavy (non-hydrogen) atoms. The topological polar surface area (TPSA) is 66.8 Å². The van der Waals surface area contributed by atoms with Crippen molar-refractivity contribution in [2.45, 2.75) is 0 Å². The fourth-order valence-electron chi connectivity index (χ4n) is 3.25. The number of rotatable bonds is 5. The molecule has 0 aliphatic carbocycles. The van der Waals surface area contributed by atoms with Gasteiger partial charge in [0.1, 0.15) is 0 Å². The molecule has 0 bridgehead atoms. The van der Waals surface area contributed by atoms with Gasteiger partial charge in [0.15, 0.2) is 17.4 Å². The van der Waals surface area contributed by atoms with E-state index in [-0.39, 0.29) is 5.88 Å². The SMILES string of the molecule is COc1cc2[nH]c(O)c(C(=Nc3ccc(Br)cc3)c3ccccc3)c2cc1OC. The summed E-state index contributed by atoms with van der Waals surface area (Å²) in [6.45, 7) is 0. The first-order valence-corrected chi connectivity index (χ1v) is 9.76. The molecule has 0 aliphatic rings. The molecule has 146 valence electrons. The molecule has 0 saturated carbocycles. The highest BCUT2D eigenvalue weighted by Crippen LogP contribution is 2.38. The van der Waals surface area contributed by atoms with Crippen LogP contribution in [-0.2, 0) is 0 Å². The fraction of sp³-hybridized carbons (Fsp3) is 0.0870. The third-order valence-electron chi connectivity index (χ3n) is 4.63. The molecule has 0 radical (unpaired) electrons. The maximum absolute atomic E-state index is 10.8. The summed E-state index contributed by atoms with van der Waals surface area (Å²) in [5.41, 5.74) is 3.66. The molecular weight excluding hydrogens is 432 g/mol. The van der Waals surface area contributed by atoms with Gasteiger partial charge < -0.3 is 19.6 Å². The predicted octanol–water partition coefficient (Wildman–Crippen LogP) is 5.82. The molecule has 1 heterocycles. The molecule has 0 aliphatic heterocycles. The zero-order valence-electron chi connectivity index (χ0n) is 15.9. The van der Waals surface area contributed by atoms with Gasteiger partial charge in [0.2, 0.25) is 0 Å². The quantitative estimate of drug-likeness (QED) is 0.376. The van der Waals surface area contributed by atoms with Gasteiger partial charge in [-0.1, -0.05) is 46.3 Å². The number of aromatic hydroxyl groups is 1. The molecule has 1 aromatic heterocycles. The molecule has 4 aromatic rings. The lowest BCUT2D eigenvalue weighted by Gasteiger charge is -2.10. The van der Waals surface area contributed by atoms with E-state index in [0.29, 0.717) is 22.8 Å². The van der Waals surface area contributed by atoms with Crippen molar-refractivity contribution in [3.63, 3.8) is 0 Å². The minimum absolute atomic E-state index is 0.0371. The number of hydrogen-bond acceptors (Lipinski definition) is 4. The van der Waals surface area contributed by atoms with Crippen LogP contribution in [0.15, 0.2) is 76.2 Å². The Balaban J connectivity index is 1.99. The average molecular weight is 451 g/mol. The minimum atomic E-state index is 0.0371. The lowest BCUT2D eigenvalue weighted by Crippen LogP contribution is -2.03. The van der Waals surface area contributed by atoms with Gasteiger partial charge in [0, 0.05) is 21.5 Å². The van der Waals surface area contributed by atoms with Gasteiger partial charge in [0.25, 0.3) is 0 Å². The van der Waals surface area contributed by atoms with Gasteiger partial charge in [0.05, 0.1) is 36.7 Å². The highest BCUT2D eigenvalue weighted by molar-refractivity contribution is 9.10. The van der Waals surface area contributed by atoms with Crippen molar-refractivity contribution in [3.8, 4) is 17.4 Å². The van der Waals surface area contributed by atoms with E-state index in [0.717, 1.165) is 26.6 Å². The van der Waals surface area contributed by atoms with E-state index in [1.807, 2.05) is 60.7 Å². The number of aromatic nitrogens is 1. The second-order valence-corrected chi connectivity index (χ2v) is 7.32. The van der Waals surface area contributed by atoms with Crippen molar-refractivity contribution < 1.29 is 14.6 Å². The summed E-state index contributed by atoms with van der Waals surface area (Å²) in [6, 6.07) is 21.1. The molecule has 4 rings (SSSR count). The van der Waals surface area contributed by atoms with Gasteiger partial charge in [-0.25, -0.2) is 4.99 Å². The Labute approximate surface area is 176 Å². The van der Waals surface area contributed by atoms with E-state index in [2.05, 4.69) is 20.9 Å². The van der Waals surface area contributed by atoms with Crippen molar-refractivity contribution >= 4 is 38.2 Å². The number of ether oxygens (including phenoxy) is 2. The molecule has 2 N–H and O–H groups in total. The molecule has 5 nitrogen and oxygen atoms in total. The summed E-state index contributed by atoms with van der Waals surface area (Å²) < 4.78 is 11.8. The molecule has 6 heteroatoms. The molecular formula is C23H19BrN2O3. The van der Waals surface area contributed by atoms with Crippen LogP contribution in [0.25, 0.3) is 10.9 Å². The second kappa shape index (κ2) is 8.01. The summed E-state index contributed by atoms with van der Waals surface area (Å²) in [7, 11) is 3.17. The van der Waals surface area contributed by atoms with Crippen LogP contribution >= 0.6 is 15.9 Å². The fourth-order valence-corrected chi connectivity index (χ4v) is 3.52. The van der Waals surface area contributed by atoms with Gasteiger partial charge in [-0.05, 0) is 30.3 Å². The summed E-state index contributed by atoms with van der Waals surface area (Å²) in [6.07, 6.45) is 0. The lowest BCUT2D eigenvalue weighted by molar-refractivity contribution is 0.356. The smallest absolute Gasteiger partial charge is 0.199 e. The lowest BCUT2D eigenvalue weighted by atomic mass is 10.0. The predicted molar refractivity (Wildman–Crippen MR) is 119 cm³/mol. The summed E-state index contributed by atoms with van der Waals surface area (Å²) in [5.74, 6) is 1.20. The largest absolute Gasteiger partial charge is 0.494 e. The third-order valence-corrected chi connectivity index (χ3v) is 5.16. The van der Waals surface area contributed by atoms with Crippen molar-refractivity contribution in [2.24, 2.45) is 4.99 Å². The Morgan fingerprint density at radius 3 is 2.24 bits per heavy atom. The maximum Gasteiger partial charge on any atom is 0.199 e. The first-order chi connectivity index (χ1) is 14.1. The van der Waals surface area contributed by atoms with Crippen LogP contribution in [-0.4, -0.2) is 30.0 Å². The maximum atomic E-state index is 10.8.